The molecule has 1 amide bonds. The summed E-state index contributed by atoms with van der Waals surface area (Å²) in [6, 6.07) is 8.50. The molecule has 0 bridgehead atoms. The molecule has 7 nitrogen and oxygen atoms in total. The fourth-order valence-electron chi connectivity index (χ4n) is 3.03. The summed E-state index contributed by atoms with van der Waals surface area (Å²) in [6.07, 6.45) is 2.42. The standard InChI is InChI=1S/C18H18Cl2N4O3/c19-15-3-1-2-13(18(15)20)4-7-17(25)23-10-8-22(9-11-23)14-5-6-16(21-12-14)24(26)27/h1-3,5-6,12H,4,7-11H2. The summed E-state index contributed by atoms with van der Waals surface area (Å²) in [5.74, 6) is -0.0974. The van der Waals surface area contributed by atoms with Gasteiger partial charge in [-0.3, -0.25) is 4.79 Å². The van der Waals surface area contributed by atoms with Gasteiger partial charge in [-0.25, -0.2) is 0 Å². The van der Waals surface area contributed by atoms with Gasteiger partial charge < -0.3 is 19.9 Å². The first-order valence-electron chi connectivity index (χ1n) is 8.52. The van der Waals surface area contributed by atoms with Crippen LogP contribution in [0.2, 0.25) is 10.0 Å². The molecule has 1 aliphatic rings. The molecule has 0 aliphatic carbocycles. The lowest BCUT2D eigenvalue weighted by atomic mass is 10.1. The number of anilines is 1. The van der Waals surface area contributed by atoms with Crippen molar-refractivity contribution in [2.45, 2.75) is 12.8 Å². The van der Waals surface area contributed by atoms with Gasteiger partial charge in [0.05, 0.1) is 15.7 Å². The van der Waals surface area contributed by atoms with Crippen molar-refractivity contribution in [3.8, 4) is 0 Å². The number of amides is 1. The summed E-state index contributed by atoms with van der Waals surface area (Å²) in [5.41, 5.74) is 1.69. The lowest BCUT2D eigenvalue weighted by Crippen LogP contribution is -2.48. The second kappa shape index (κ2) is 8.54. The molecule has 0 radical (unpaired) electrons. The second-order valence-electron chi connectivity index (χ2n) is 6.21. The largest absolute Gasteiger partial charge is 0.365 e. The molecule has 1 saturated heterocycles. The van der Waals surface area contributed by atoms with Gasteiger partial charge in [0, 0.05) is 38.7 Å². The Bertz CT molecular complexity index is 837. The van der Waals surface area contributed by atoms with Crippen LogP contribution in [0.15, 0.2) is 36.5 Å². The van der Waals surface area contributed by atoms with Crippen LogP contribution in [-0.4, -0.2) is 46.9 Å². The Morgan fingerprint density at radius 1 is 1.15 bits per heavy atom. The third-order valence-corrected chi connectivity index (χ3v) is 5.41. The molecular formula is C18H18Cl2N4O3. The van der Waals surface area contributed by atoms with Crippen molar-refractivity contribution in [1.29, 1.82) is 0 Å². The first-order valence-corrected chi connectivity index (χ1v) is 9.27. The van der Waals surface area contributed by atoms with Gasteiger partial charge >= 0.3 is 5.82 Å². The number of aromatic nitrogens is 1. The molecule has 27 heavy (non-hydrogen) atoms. The molecule has 0 unspecified atom stereocenters. The Kier molecular flexibility index (Phi) is 6.13. The van der Waals surface area contributed by atoms with Crippen LogP contribution in [0.3, 0.4) is 0 Å². The summed E-state index contributed by atoms with van der Waals surface area (Å²) in [7, 11) is 0. The van der Waals surface area contributed by atoms with Crippen molar-refractivity contribution in [3.05, 3.63) is 62.3 Å². The molecule has 0 spiro atoms. The van der Waals surface area contributed by atoms with Gasteiger partial charge in [-0.1, -0.05) is 35.3 Å². The van der Waals surface area contributed by atoms with E-state index in [1.165, 1.54) is 12.3 Å². The van der Waals surface area contributed by atoms with Crippen molar-refractivity contribution >= 4 is 40.6 Å². The zero-order valence-corrected chi connectivity index (χ0v) is 16.0. The molecule has 2 aromatic rings. The first kappa shape index (κ1) is 19.4. The van der Waals surface area contributed by atoms with Crippen LogP contribution in [0.4, 0.5) is 11.5 Å². The average Bonchev–Trinajstić information content (AvgIpc) is 2.69. The van der Waals surface area contributed by atoms with Crippen LogP contribution in [0.25, 0.3) is 0 Å². The molecule has 142 valence electrons. The van der Waals surface area contributed by atoms with Gasteiger partial charge in [-0.15, -0.1) is 0 Å². The van der Waals surface area contributed by atoms with E-state index in [2.05, 4.69) is 9.88 Å². The number of hydrogen-bond acceptors (Lipinski definition) is 5. The zero-order chi connectivity index (χ0) is 19.4. The molecular weight excluding hydrogens is 391 g/mol. The quantitative estimate of drug-likeness (QED) is 0.557. The number of aryl methyl sites for hydroxylation is 1. The summed E-state index contributed by atoms with van der Waals surface area (Å²) in [4.78, 5) is 30.4. The van der Waals surface area contributed by atoms with Crippen molar-refractivity contribution in [2.75, 3.05) is 31.1 Å². The van der Waals surface area contributed by atoms with Gasteiger partial charge in [0.1, 0.15) is 0 Å². The van der Waals surface area contributed by atoms with Crippen LogP contribution in [0.5, 0.6) is 0 Å². The van der Waals surface area contributed by atoms with E-state index >= 15 is 0 Å². The van der Waals surface area contributed by atoms with Gasteiger partial charge in [0.2, 0.25) is 5.91 Å². The van der Waals surface area contributed by atoms with Crippen molar-refractivity contribution in [1.82, 2.24) is 9.88 Å². The number of nitrogens with zero attached hydrogens (tertiary/aromatic N) is 4. The average molecular weight is 409 g/mol. The maximum Gasteiger partial charge on any atom is 0.363 e. The maximum absolute atomic E-state index is 12.5. The van der Waals surface area contributed by atoms with E-state index in [-0.39, 0.29) is 11.7 Å². The van der Waals surface area contributed by atoms with Crippen molar-refractivity contribution < 1.29 is 9.72 Å². The lowest BCUT2D eigenvalue weighted by molar-refractivity contribution is -0.389. The van der Waals surface area contributed by atoms with Crippen LogP contribution < -0.4 is 4.90 Å². The minimum atomic E-state index is -0.521. The van der Waals surface area contributed by atoms with E-state index < -0.39 is 4.92 Å². The number of piperazine rings is 1. The van der Waals surface area contributed by atoms with Gasteiger partial charge in [-0.2, -0.15) is 0 Å². The lowest BCUT2D eigenvalue weighted by Gasteiger charge is -2.35. The van der Waals surface area contributed by atoms with Crippen LogP contribution >= 0.6 is 23.2 Å². The van der Waals surface area contributed by atoms with E-state index in [0.29, 0.717) is 49.1 Å². The minimum Gasteiger partial charge on any atom is -0.365 e. The number of nitro groups is 1. The third-order valence-electron chi connectivity index (χ3n) is 4.56. The molecule has 1 fully saturated rings. The van der Waals surface area contributed by atoms with Crippen LogP contribution in [-0.2, 0) is 11.2 Å². The molecule has 0 N–H and O–H groups in total. The van der Waals surface area contributed by atoms with Gasteiger partial charge in [0.25, 0.3) is 0 Å². The first-order chi connectivity index (χ1) is 13.0. The monoisotopic (exact) mass is 408 g/mol. The number of rotatable bonds is 5. The van der Waals surface area contributed by atoms with Gasteiger partial charge in [0.15, 0.2) is 6.20 Å². The van der Waals surface area contributed by atoms with E-state index in [4.69, 9.17) is 23.2 Å². The third kappa shape index (κ3) is 4.67. The normalized spacial score (nSPS) is 14.3. The highest BCUT2D eigenvalue weighted by Gasteiger charge is 2.22. The molecule has 1 aromatic heterocycles. The number of carbonyl (C=O) groups excluding carboxylic acids is 1. The molecule has 0 atom stereocenters. The molecule has 0 saturated carbocycles. The molecule has 3 rings (SSSR count). The number of hydrogen-bond donors (Lipinski definition) is 0. The molecule has 1 aromatic carbocycles. The predicted octanol–water partition coefficient (Wildman–Crippen LogP) is 3.58. The van der Waals surface area contributed by atoms with E-state index in [9.17, 15) is 14.9 Å². The number of pyridine rings is 1. The Hall–Kier alpha value is -2.38. The summed E-state index contributed by atoms with van der Waals surface area (Å²) < 4.78 is 0. The maximum atomic E-state index is 12.5. The number of carbonyl (C=O) groups is 1. The van der Waals surface area contributed by atoms with Crippen LogP contribution in [0, 0.1) is 10.1 Å². The smallest absolute Gasteiger partial charge is 0.363 e. The van der Waals surface area contributed by atoms with Gasteiger partial charge in [-0.05, 0) is 34.0 Å². The molecule has 9 heteroatoms. The Balaban J connectivity index is 1.51. The summed E-state index contributed by atoms with van der Waals surface area (Å²) >= 11 is 12.2. The Morgan fingerprint density at radius 3 is 2.52 bits per heavy atom. The fraction of sp³-hybridized carbons (Fsp3) is 0.333. The topological polar surface area (TPSA) is 79.6 Å². The summed E-state index contributed by atoms with van der Waals surface area (Å²) in [5, 5.41) is 11.7. The van der Waals surface area contributed by atoms with E-state index in [0.717, 1.165) is 11.3 Å². The van der Waals surface area contributed by atoms with Crippen LogP contribution in [0.1, 0.15) is 12.0 Å². The van der Waals surface area contributed by atoms with E-state index in [1.54, 1.807) is 12.1 Å². The van der Waals surface area contributed by atoms with Crippen molar-refractivity contribution in [3.63, 3.8) is 0 Å². The Morgan fingerprint density at radius 2 is 1.89 bits per heavy atom. The zero-order valence-electron chi connectivity index (χ0n) is 14.5. The minimum absolute atomic E-state index is 0.0764. The number of halogens is 2. The SMILES string of the molecule is O=C(CCc1cccc(Cl)c1Cl)N1CCN(c2ccc([N+](=O)[O-])nc2)CC1. The van der Waals surface area contributed by atoms with Crippen molar-refractivity contribution in [2.24, 2.45) is 0 Å². The summed E-state index contributed by atoms with van der Waals surface area (Å²) in [6.45, 7) is 2.50. The Labute approximate surface area is 166 Å². The highest BCUT2D eigenvalue weighted by Crippen LogP contribution is 2.26. The highest BCUT2D eigenvalue weighted by molar-refractivity contribution is 6.42. The second-order valence-corrected chi connectivity index (χ2v) is 7.00. The fourth-order valence-corrected chi connectivity index (χ4v) is 3.44. The highest BCUT2D eigenvalue weighted by atomic mass is 35.5. The van der Waals surface area contributed by atoms with E-state index in [1.807, 2.05) is 17.0 Å². The molecule has 1 aliphatic heterocycles. The molecule has 2 heterocycles. The predicted molar refractivity (Wildman–Crippen MR) is 104 cm³/mol. The number of benzene rings is 1.